The lowest BCUT2D eigenvalue weighted by Crippen LogP contribution is -2.40. The van der Waals surface area contributed by atoms with Crippen molar-refractivity contribution in [3.63, 3.8) is 0 Å². The number of nitrogens with zero attached hydrogens (tertiary/aromatic N) is 3. The van der Waals surface area contributed by atoms with E-state index < -0.39 is 0 Å². The van der Waals surface area contributed by atoms with Crippen LogP contribution in [0.25, 0.3) is 17.3 Å². The van der Waals surface area contributed by atoms with Crippen LogP contribution >= 0.6 is 39.0 Å². The highest BCUT2D eigenvalue weighted by atomic mass is 79.9. The van der Waals surface area contributed by atoms with Gasteiger partial charge in [-0.1, -0.05) is 49.6 Å². The summed E-state index contributed by atoms with van der Waals surface area (Å²) in [5, 5.41) is 3.39. The van der Waals surface area contributed by atoms with Gasteiger partial charge in [0, 0.05) is 23.1 Å². The second-order valence-electron chi connectivity index (χ2n) is 7.50. The molecule has 1 aliphatic heterocycles. The maximum absolute atomic E-state index is 13.3. The molecule has 1 aliphatic carbocycles. The molecule has 0 atom stereocenters. The van der Waals surface area contributed by atoms with E-state index in [1.54, 1.807) is 6.08 Å². The topological polar surface area (TPSA) is 58.7 Å². The highest BCUT2D eigenvalue weighted by Crippen LogP contribution is 2.39. The number of hydrogen-bond acceptors (Lipinski definition) is 6. The van der Waals surface area contributed by atoms with Crippen LogP contribution in [0.1, 0.15) is 37.9 Å². The maximum atomic E-state index is 13.3. The number of aliphatic imine (C=N–C) groups is 1. The number of carbonyl (C=O) groups excluding carboxylic acids is 1. The molecule has 0 unspecified atom stereocenters. The van der Waals surface area contributed by atoms with Crippen LogP contribution in [0.5, 0.6) is 0 Å². The Bertz CT molecular complexity index is 1150. The van der Waals surface area contributed by atoms with E-state index in [9.17, 15) is 4.79 Å². The molecule has 0 spiro atoms. The standard InChI is InChI=1S/C23H20BrN3O2S2/c24-20-12-11-17(29-20)13-19-21(28)27(16-9-5-2-6-10-16)23(31-19)26-22-25-18(14-30-22)15-7-3-1-4-8-15/h1,3-4,7-8,11-14,16H,2,5-6,9-10H2/b19-13+,26-23+. The number of aromatic nitrogens is 1. The molecule has 3 heterocycles. The summed E-state index contributed by atoms with van der Waals surface area (Å²) in [5.41, 5.74) is 1.97. The highest BCUT2D eigenvalue weighted by molar-refractivity contribution is 9.10. The first-order chi connectivity index (χ1) is 15.2. The molecule has 158 valence electrons. The smallest absolute Gasteiger partial charge is 0.267 e. The van der Waals surface area contributed by atoms with E-state index in [2.05, 4.69) is 15.9 Å². The summed E-state index contributed by atoms with van der Waals surface area (Å²) in [5.74, 6) is 0.649. The minimum atomic E-state index is 0.00279. The maximum Gasteiger partial charge on any atom is 0.267 e. The average Bonchev–Trinajstić information content (AvgIpc) is 3.50. The molecular formula is C23H20BrN3O2S2. The first kappa shape index (κ1) is 20.7. The van der Waals surface area contributed by atoms with Gasteiger partial charge in [-0.25, -0.2) is 4.98 Å². The Balaban J connectivity index is 1.48. The van der Waals surface area contributed by atoms with Gasteiger partial charge in [0.2, 0.25) is 5.13 Å². The predicted octanol–water partition coefficient (Wildman–Crippen LogP) is 7.10. The molecule has 0 N–H and O–H groups in total. The number of thioether (sulfide) groups is 1. The summed E-state index contributed by atoms with van der Waals surface area (Å²) in [6, 6.07) is 13.9. The fourth-order valence-electron chi connectivity index (χ4n) is 3.90. The Hall–Kier alpha value is -2.16. The van der Waals surface area contributed by atoms with E-state index >= 15 is 0 Å². The number of benzene rings is 1. The molecule has 2 aromatic heterocycles. The van der Waals surface area contributed by atoms with Gasteiger partial charge in [0.25, 0.3) is 5.91 Å². The third kappa shape index (κ3) is 4.56. The summed E-state index contributed by atoms with van der Waals surface area (Å²) in [6.45, 7) is 0. The van der Waals surface area contributed by atoms with Crippen molar-refractivity contribution in [1.29, 1.82) is 0 Å². The van der Waals surface area contributed by atoms with Gasteiger partial charge in [0.1, 0.15) is 5.76 Å². The van der Waals surface area contributed by atoms with E-state index in [0.717, 1.165) is 36.9 Å². The number of carbonyl (C=O) groups is 1. The van der Waals surface area contributed by atoms with Crippen molar-refractivity contribution in [3.8, 4) is 11.3 Å². The van der Waals surface area contributed by atoms with Crippen molar-refractivity contribution in [1.82, 2.24) is 9.88 Å². The lowest BCUT2D eigenvalue weighted by atomic mass is 9.94. The Morgan fingerprint density at radius 1 is 1.13 bits per heavy atom. The second-order valence-corrected chi connectivity index (χ2v) is 10.1. The molecule has 1 aromatic carbocycles. The van der Waals surface area contributed by atoms with Crippen molar-refractivity contribution in [3.05, 3.63) is 63.2 Å². The fourth-order valence-corrected chi connectivity index (χ4v) is 5.99. The number of amidine groups is 1. The van der Waals surface area contributed by atoms with Gasteiger partial charge in [-0.15, -0.1) is 11.3 Å². The largest absolute Gasteiger partial charge is 0.450 e. The zero-order valence-corrected chi connectivity index (χ0v) is 19.9. The molecule has 5 rings (SSSR count). The summed E-state index contributed by atoms with van der Waals surface area (Å²) in [6.07, 6.45) is 7.34. The summed E-state index contributed by atoms with van der Waals surface area (Å²) < 4.78 is 6.23. The van der Waals surface area contributed by atoms with Gasteiger partial charge in [0.05, 0.1) is 10.6 Å². The number of furan rings is 1. The molecule has 8 heteroatoms. The fraction of sp³-hybridized carbons (Fsp3) is 0.261. The molecule has 1 saturated heterocycles. The summed E-state index contributed by atoms with van der Waals surface area (Å²) in [4.78, 5) is 25.4. The third-order valence-electron chi connectivity index (χ3n) is 5.40. The van der Waals surface area contributed by atoms with Crippen LogP contribution in [0.15, 0.2) is 66.8 Å². The number of halogens is 1. The SMILES string of the molecule is O=C1/C(=C\c2ccc(Br)o2)S/C(=N/c2nc(-c3ccccc3)cs2)N1C1CCCCC1. The van der Waals surface area contributed by atoms with E-state index in [4.69, 9.17) is 14.4 Å². The normalized spacial score (nSPS) is 20.3. The first-order valence-corrected chi connectivity index (χ1v) is 12.7. The minimum Gasteiger partial charge on any atom is -0.450 e. The van der Waals surface area contributed by atoms with Crippen molar-refractivity contribution >= 4 is 61.3 Å². The summed E-state index contributed by atoms with van der Waals surface area (Å²) >= 11 is 6.22. The number of rotatable bonds is 4. The van der Waals surface area contributed by atoms with Crippen LogP contribution < -0.4 is 0 Å². The third-order valence-corrected chi connectivity index (χ3v) is 7.54. The van der Waals surface area contributed by atoms with E-state index in [1.165, 1.54) is 29.5 Å². The zero-order valence-electron chi connectivity index (χ0n) is 16.7. The lowest BCUT2D eigenvalue weighted by molar-refractivity contribution is -0.124. The Morgan fingerprint density at radius 3 is 2.68 bits per heavy atom. The van der Waals surface area contributed by atoms with Crippen LogP contribution in [0.3, 0.4) is 0 Å². The second kappa shape index (κ2) is 9.14. The number of amides is 1. The first-order valence-electron chi connectivity index (χ1n) is 10.3. The molecule has 3 aromatic rings. The zero-order chi connectivity index (χ0) is 21.2. The van der Waals surface area contributed by atoms with Crippen molar-refractivity contribution in [2.75, 3.05) is 0 Å². The van der Waals surface area contributed by atoms with Gasteiger partial charge in [-0.3, -0.25) is 9.69 Å². The van der Waals surface area contributed by atoms with Crippen molar-refractivity contribution < 1.29 is 9.21 Å². The molecule has 2 fully saturated rings. The highest BCUT2D eigenvalue weighted by Gasteiger charge is 2.39. The van der Waals surface area contributed by atoms with E-state index in [0.29, 0.717) is 25.6 Å². The number of thiazole rings is 1. The van der Waals surface area contributed by atoms with Gasteiger partial charge in [-0.2, -0.15) is 4.99 Å². The minimum absolute atomic E-state index is 0.00279. The van der Waals surface area contributed by atoms with Crippen LogP contribution in [0, 0.1) is 0 Å². The Morgan fingerprint density at radius 2 is 1.94 bits per heavy atom. The molecule has 1 amide bonds. The predicted molar refractivity (Wildman–Crippen MR) is 130 cm³/mol. The quantitative estimate of drug-likeness (QED) is 0.349. The van der Waals surface area contributed by atoms with Crippen LogP contribution in [-0.2, 0) is 4.79 Å². The monoisotopic (exact) mass is 513 g/mol. The van der Waals surface area contributed by atoms with E-state index in [-0.39, 0.29) is 11.9 Å². The molecule has 0 radical (unpaired) electrons. The Kier molecular flexibility index (Phi) is 6.11. The Labute approximate surface area is 197 Å². The molecule has 5 nitrogen and oxygen atoms in total. The van der Waals surface area contributed by atoms with Gasteiger partial charge in [0.15, 0.2) is 9.84 Å². The molecule has 31 heavy (non-hydrogen) atoms. The van der Waals surface area contributed by atoms with E-state index in [1.807, 2.05) is 52.7 Å². The van der Waals surface area contributed by atoms with Crippen molar-refractivity contribution in [2.24, 2.45) is 4.99 Å². The van der Waals surface area contributed by atoms with Crippen LogP contribution in [0.2, 0.25) is 0 Å². The average molecular weight is 514 g/mol. The molecular weight excluding hydrogens is 494 g/mol. The molecule has 0 bridgehead atoms. The lowest BCUT2D eigenvalue weighted by Gasteiger charge is -2.30. The molecule has 2 aliphatic rings. The van der Waals surface area contributed by atoms with Gasteiger partial charge < -0.3 is 4.42 Å². The van der Waals surface area contributed by atoms with Crippen LogP contribution in [-0.4, -0.2) is 27.0 Å². The van der Waals surface area contributed by atoms with Crippen LogP contribution in [0.4, 0.5) is 5.13 Å². The summed E-state index contributed by atoms with van der Waals surface area (Å²) in [7, 11) is 0. The van der Waals surface area contributed by atoms with Gasteiger partial charge in [-0.05, 0) is 52.7 Å². The van der Waals surface area contributed by atoms with Crippen molar-refractivity contribution in [2.45, 2.75) is 38.1 Å². The number of hydrogen-bond donors (Lipinski definition) is 0. The van der Waals surface area contributed by atoms with Gasteiger partial charge >= 0.3 is 0 Å². The molecule has 1 saturated carbocycles.